The molecule has 2 heterocycles. The molecule has 0 bridgehead atoms. The fourth-order valence-corrected chi connectivity index (χ4v) is 3.12. The monoisotopic (exact) mass is 375 g/mol. The second-order valence-corrected chi connectivity index (χ2v) is 6.90. The first-order chi connectivity index (χ1) is 11.3. The Labute approximate surface area is 148 Å². The van der Waals surface area contributed by atoms with Crippen molar-refractivity contribution in [3.05, 3.63) is 22.2 Å². The van der Waals surface area contributed by atoms with Crippen LogP contribution in [0.15, 0.2) is 12.1 Å². The summed E-state index contributed by atoms with van der Waals surface area (Å²) in [5.74, 6) is 0.452. The molecule has 7 nitrogen and oxygen atoms in total. The van der Waals surface area contributed by atoms with Gasteiger partial charge < -0.3 is 25.4 Å². The summed E-state index contributed by atoms with van der Waals surface area (Å²) in [7, 11) is 0. The smallest absolute Gasteiger partial charge is 0.206 e. The highest BCUT2D eigenvalue weighted by molar-refractivity contribution is 6.42. The maximum absolute atomic E-state index is 10.4. The van der Waals surface area contributed by atoms with Crippen molar-refractivity contribution < 1.29 is 20.1 Å². The summed E-state index contributed by atoms with van der Waals surface area (Å²) in [6.07, 6.45) is -4.22. The molecule has 24 heavy (non-hydrogen) atoms. The van der Waals surface area contributed by atoms with Crippen LogP contribution < -0.4 is 5.32 Å². The third-order valence-electron chi connectivity index (χ3n) is 3.92. The average Bonchev–Trinajstić information content (AvgIpc) is 2.97. The maximum atomic E-state index is 10.4. The number of rotatable bonds is 4. The number of nitrogens with zero attached hydrogens (tertiary/aromatic N) is 2. The number of hydrogen-bond donors (Lipinski definition) is 4. The van der Waals surface area contributed by atoms with Crippen LogP contribution in [0.5, 0.6) is 0 Å². The first-order valence-corrected chi connectivity index (χ1v) is 8.35. The summed E-state index contributed by atoms with van der Waals surface area (Å²) in [5, 5.41) is 33.6. The van der Waals surface area contributed by atoms with Gasteiger partial charge in [0, 0.05) is 6.04 Å². The normalized spacial score (nSPS) is 27.3. The first kappa shape index (κ1) is 17.7. The lowest BCUT2D eigenvalue weighted by molar-refractivity contribution is -0.0499. The zero-order valence-electron chi connectivity index (χ0n) is 13.1. The Kier molecular flexibility index (Phi) is 4.92. The van der Waals surface area contributed by atoms with E-state index in [0.717, 1.165) is 0 Å². The quantitative estimate of drug-likeness (QED) is 0.649. The van der Waals surface area contributed by atoms with Gasteiger partial charge in [-0.15, -0.1) is 0 Å². The number of nitrogens with one attached hydrogen (secondary N) is 1. The van der Waals surface area contributed by atoms with E-state index in [0.29, 0.717) is 27.0 Å². The van der Waals surface area contributed by atoms with E-state index < -0.39 is 31.1 Å². The number of benzene rings is 1. The molecule has 0 unspecified atom stereocenters. The third-order valence-corrected chi connectivity index (χ3v) is 4.64. The molecule has 0 aliphatic carbocycles. The van der Waals surface area contributed by atoms with Crippen LogP contribution in [0.2, 0.25) is 10.0 Å². The summed E-state index contributed by atoms with van der Waals surface area (Å²) < 4.78 is 7.26. The Hall–Kier alpha value is -1.09. The van der Waals surface area contributed by atoms with E-state index in [4.69, 9.17) is 27.9 Å². The summed E-state index contributed by atoms with van der Waals surface area (Å²) in [6, 6.07) is 3.33. The fraction of sp³-hybridized carbons (Fsp3) is 0.533. The first-order valence-electron chi connectivity index (χ1n) is 7.59. The van der Waals surface area contributed by atoms with Crippen LogP contribution in [-0.4, -0.2) is 55.8 Å². The van der Waals surface area contributed by atoms with Crippen molar-refractivity contribution >= 4 is 40.2 Å². The van der Waals surface area contributed by atoms with E-state index in [-0.39, 0.29) is 6.04 Å². The lowest BCUT2D eigenvalue weighted by Crippen LogP contribution is -2.33. The van der Waals surface area contributed by atoms with Gasteiger partial charge in [0.2, 0.25) is 5.95 Å². The highest BCUT2D eigenvalue weighted by Crippen LogP contribution is 2.37. The molecular weight excluding hydrogens is 357 g/mol. The number of aromatic nitrogens is 2. The van der Waals surface area contributed by atoms with Crippen molar-refractivity contribution in [1.29, 1.82) is 0 Å². The number of aliphatic hydroxyl groups is 3. The van der Waals surface area contributed by atoms with Gasteiger partial charge in [0.05, 0.1) is 27.7 Å². The molecule has 4 N–H and O–H groups in total. The van der Waals surface area contributed by atoms with Gasteiger partial charge in [-0.25, -0.2) is 4.98 Å². The molecule has 132 valence electrons. The van der Waals surface area contributed by atoms with Gasteiger partial charge in [0.15, 0.2) is 6.23 Å². The fourth-order valence-electron chi connectivity index (χ4n) is 2.80. The predicted molar refractivity (Wildman–Crippen MR) is 91.5 cm³/mol. The second-order valence-electron chi connectivity index (χ2n) is 6.09. The van der Waals surface area contributed by atoms with Crippen LogP contribution in [0.4, 0.5) is 5.95 Å². The van der Waals surface area contributed by atoms with Crippen molar-refractivity contribution in [2.24, 2.45) is 0 Å². The Morgan fingerprint density at radius 2 is 1.92 bits per heavy atom. The van der Waals surface area contributed by atoms with Gasteiger partial charge >= 0.3 is 0 Å². The molecule has 1 aromatic carbocycles. The molecule has 0 spiro atoms. The van der Waals surface area contributed by atoms with Gasteiger partial charge in [-0.1, -0.05) is 23.2 Å². The van der Waals surface area contributed by atoms with Crippen LogP contribution in [0.25, 0.3) is 11.0 Å². The Bertz CT molecular complexity index is 752. The molecule has 1 aliphatic heterocycles. The highest BCUT2D eigenvalue weighted by atomic mass is 35.5. The van der Waals surface area contributed by atoms with E-state index in [2.05, 4.69) is 10.3 Å². The van der Waals surface area contributed by atoms with Crippen LogP contribution in [0, 0.1) is 0 Å². The maximum Gasteiger partial charge on any atom is 0.206 e. The molecular formula is C15H19Cl2N3O4. The van der Waals surface area contributed by atoms with Crippen molar-refractivity contribution in [2.45, 2.75) is 44.4 Å². The van der Waals surface area contributed by atoms with Crippen LogP contribution in [0.1, 0.15) is 20.1 Å². The molecule has 4 atom stereocenters. The van der Waals surface area contributed by atoms with E-state index >= 15 is 0 Å². The molecule has 1 saturated heterocycles. The third kappa shape index (κ3) is 2.96. The van der Waals surface area contributed by atoms with Gasteiger partial charge in [-0.05, 0) is 26.0 Å². The molecule has 2 aromatic rings. The Morgan fingerprint density at radius 3 is 2.50 bits per heavy atom. The number of imidazole rings is 1. The topological polar surface area (TPSA) is 99.8 Å². The van der Waals surface area contributed by atoms with E-state index in [1.807, 2.05) is 13.8 Å². The Balaban J connectivity index is 2.15. The average molecular weight is 376 g/mol. The second kappa shape index (κ2) is 6.67. The molecule has 9 heteroatoms. The summed E-state index contributed by atoms with van der Waals surface area (Å²) >= 11 is 12.2. The standard InChI is InChI=1S/C15H19Cl2N3O4/c1-6(2)18-15-19-9-3-7(16)8(17)4-10(9)20(15)14-13(23)12(22)11(5-21)24-14/h3-4,6,11-14,21-23H,5H2,1-2H3,(H,18,19)/t11-,12-,13-,14+/m0/s1. The van der Waals surface area contributed by atoms with E-state index in [1.165, 1.54) is 0 Å². The van der Waals surface area contributed by atoms with Crippen molar-refractivity contribution in [3.63, 3.8) is 0 Å². The molecule has 3 rings (SSSR count). The minimum atomic E-state index is -1.22. The SMILES string of the molecule is CC(C)Nc1nc2cc(Cl)c(Cl)cc2n1[C@@H]1O[C@@H](CO)[C@H](O)[C@@H]1O. The number of halogens is 2. The minimum absolute atomic E-state index is 0.0728. The van der Waals surface area contributed by atoms with E-state index in [9.17, 15) is 15.3 Å². The van der Waals surface area contributed by atoms with Crippen molar-refractivity contribution in [2.75, 3.05) is 11.9 Å². The van der Waals surface area contributed by atoms with Crippen LogP contribution in [0.3, 0.4) is 0 Å². The minimum Gasteiger partial charge on any atom is -0.394 e. The van der Waals surface area contributed by atoms with Crippen molar-refractivity contribution in [1.82, 2.24) is 9.55 Å². The summed E-state index contributed by atoms with van der Waals surface area (Å²) in [4.78, 5) is 4.48. The largest absolute Gasteiger partial charge is 0.394 e. The molecule has 0 saturated carbocycles. The number of aliphatic hydroxyl groups excluding tert-OH is 3. The zero-order valence-corrected chi connectivity index (χ0v) is 14.7. The zero-order chi connectivity index (χ0) is 17.6. The number of fused-ring (bicyclic) bond motifs is 1. The van der Waals surface area contributed by atoms with Gasteiger partial charge in [-0.2, -0.15) is 0 Å². The molecule has 0 radical (unpaired) electrons. The summed E-state index contributed by atoms with van der Waals surface area (Å²) in [5.41, 5.74) is 1.17. The molecule has 1 aromatic heterocycles. The number of anilines is 1. The van der Waals surface area contributed by atoms with Crippen LogP contribution in [-0.2, 0) is 4.74 Å². The van der Waals surface area contributed by atoms with Crippen molar-refractivity contribution in [3.8, 4) is 0 Å². The van der Waals surface area contributed by atoms with E-state index in [1.54, 1.807) is 16.7 Å². The highest BCUT2D eigenvalue weighted by Gasteiger charge is 2.44. The molecule has 1 aliphatic rings. The Morgan fingerprint density at radius 1 is 1.25 bits per heavy atom. The van der Waals surface area contributed by atoms with Gasteiger partial charge in [-0.3, -0.25) is 4.57 Å². The number of ether oxygens (including phenoxy) is 1. The van der Waals surface area contributed by atoms with Gasteiger partial charge in [0.25, 0.3) is 0 Å². The van der Waals surface area contributed by atoms with Crippen LogP contribution >= 0.6 is 23.2 Å². The lowest BCUT2D eigenvalue weighted by Gasteiger charge is -2.21. The molecule has 0 amide bonds. The lowest BCUT2D eigenvalue weighted by atomic mass is 10.1. The summed E-state index contributed by atoms with van der Waals surface area (Å²) in [6.45, 7) is 3.49. The molecule has 1 fully saturated rings. The van der Waals surface area contributed by atoms with Gasteiger partial charge in [0.1, 0.15) is 18.3 Å². The predicted octanol–water partition coefficient (Wildman–Crippen LogP) is 1.77. The number of hydrogen-bond acceptors (Lipinski definition) is 6.